The maximum atomic E-state index is 14.9. The SMILES string of the molecule is CCCCCCCC/C=C\CCCCCC(=O)OC1C(O)C(O)C(OC2OC(CO)C(O)C(O)C2O)C(OP(=O)(O)OCC(COC(=O)CCCCCCCCC(C)CCCCCCCC)OC(=O)CCCCCCCCCCCCCCCCCC)C1OC1OC(COC(=O)CCCCCCCCCCCCCCCCC)C(O)C(O)C1O. The van der Waals surface area contributed by atoms with E-state index >= 15 is 0 Å². The molecule has 700 valence electrons. The molecule has 0 aromatic rings. The number of aliphatic hydroxyl groups excluding tert-OH is 9. The van der Waals surface area contributed by atoms with Crippen molar-refractivity contribution < 1.29 is 122 Å². The van der Waals surface area contributed by atoms with Crippen LogP contribution in [0.1, 0.15) is 420 Å². The first-order valence-corrected chi connectivity index (χ1v) is 49.8. The van der Waals surface area contributed by atoms with E-state index in [1.165, 1.54) is 199 Å². The number of hydrogen-bond acceptors (Lipinski definition) is 24. The summed E-state index contributed by atoms with van der Waals surface area (Å²) in [5.74, 6) is -2.28. The molecule has 0 aromatic carbocycles. The molecule has 3 fully saturated rings. The Morgan fingerprint density at radius 1 is 0.353 bits per heavy atom. The number of hydrogen-bond donors (Lipinski definition) is 10. The van der Waals surface area contributed by atoms with Crippen molar-refractivity contribution in [3.63, 3.8) is 0 Å². The van der Waals surface area contributed by atoms with E-state index in [2.05, 4.69) is 46.8 Å². The molecule has 1 saturated carbocycles. The van der Waals surface area contributed by atoms with E-state index in [-0.39, 0.29) is 32.1 Å². The minimum absolute atomic E-state index is 0.0170. The van der Waals surface area contributed by atoms with E-state index in [0.717, 1.165) is 122 Å². The molecule has 0 spiro atoms. The summed E-state index contributed by atoms with van der Waals surface area (Å²) in [5, 5.41) is 102. The number of carbonyl (C=O) groups excluding carboxylic acids is 4. The molecule has 0 bridgehead atoms. The number of aliphatic hydroxyl groups is 9. The van der Waals surface area contributed by atoms with E-state index in [9.17, 15) is 74.6 Å². The first kappa shape index (κ1) is 110. The Balaban J connectivity index is 1.91. The zero-order valence-corrected chi connectivity index (χ0v) is 75.7. The molecule has 0 radical (unpaired) electrons. The van der Waals surface area contributed by atoms with Gasteiger partial charge in [0.2, 0.25) is 0 Å². The fraction of sp³-hybridized carbons (Fsp3) is 0.935. The number of allylic oxidation sites excluding steroid dienone is 2. The number of ether oxygens (including phenoxy) is 8. The molecule has 0 amide bonds. The van der Waals surface area contributed by atoms with Gasteiger partial charge < -0.3 is 88.7 Å². The predicted octanol–water partition coefficient (Wildman–Crippen LogP) is 18.2. The molecule has 2 heterocycles. The van der Waals surface area contributed by atoms with Gasteiger partial charge in [-0.25, -0.2) is 4.57 Å². The maximum Gasteiger partial charge on any atom is 0.472 e. The Labute approximate surface area is 718 Å². The topological polar surface area (TPSA) is 380 Å². The van der Waals surface area contributed by atoms with Crippen molar-refractivity contribution in [1.82, 2.24) is 0 Å². The molecule has 26 heteroatoms. The van der Waals surface area contributed by atoms with E-state index < -0.39 is 162 Å². The Morgan fingerprint density at radius 2 is 0.681 bits per heavy atom. The monoisotopic (exact) mass is 1720 g/mol. The summed E-state index contributed by atoms with van der Waals surface area (Å²) in [5.41, 5.74) is 0. The Hall–Kier alpha value is -2.79. The second-order valence-electron chi connectivity index (χ2n) is 34.9. The van der Waals surface area contributed by atoms with Crippen LogP contribution in [0.25, 0.3) is 0 Å². The fourth-order valence-electron chi connectivity index (χ4n) is 16.1. The van der Waals surface area contributed by atoms with Crippen molar-refractivity contribution in [2.75, 3.05) is 26.4 Å². The van der Waals surface area contributed by atoms with E-state index in [1.807, 2.05) is 0 Å². The molecule has 0 aromatic heterocycles. The van der Waals surface area contributed by atoms with E-state index in [1.54, 1.807) is 0 Å². The third-order valence-electron chi connectivity index (χ3n) is 23.9. The van der Waals surface area contributed by atoms with Crippen LogP contribution in [0.2, 0.25) is 0 Å². The van der Waals surface area contributed by atoms with Crippen LogP contribution >= 0.6 is 7.82 Å². The first-order valence-electron chi connectivity index (χ1n) is 48.3. The maximum absolute atomic E-state index is 14.9. The van der Waals surface area contributed by atoms with Gasteiger partial charge in [0, 0.05) is 25.7 Å². The van der Waals surface area contributed by atoms with Crippen molar-refractivity contribution in [3.05, 3.63) is 12.2 Å². The van der Waals surface area contributed by atoms with Gasteiger partial charge in [-0.2, -0.15) is 0 Å². The van der Waals surface area contributed by atoms with Gasteiger partial charge in [-0.3, -0.25) is 28.2 Å². The summed E-state index contributed by atoms with van der Waals surface area (Å²) in [7, 11) is -5.81. The largest absolute Gasteiger partial charge is 0.472 e. The van der Waals surface area contributed by atoms with Crippen molar-refractivity contribution >= 4 is 31.7 Å². The molecule has 25 nitrogen and oxygen atoms in total. The average Bonchev–Trinajstić information content (AvgIpc) is 0.754. The summed E-state index contributed by atoms with van der Waals surface area (Å²) >= 11 is 0. The van der Waals surface area contributed by atoms with Gasteiger partial charge in [0.15, 0.2) is 24.8 Å². The van der Waals surface area contributed by atoms with Gasteiger partial charge in [0.05, 0.1) is 13.2 Å². The van der Waals surface area contributed by atoms with Crippen molar-refractivity contribution in [1.29, 1.82) is 0 Å². The summed E-state index contributed by atoms with van der Waals surface area (Å²) in [4.78, 5) is 66.6. The minimum atomic E-state index is -5.81. The summed E-state index contributed by atoms with van der Waals surface area (Å²) in [6.07, 6.45) is 29.2. The highest BCUT2D eigenvalue weighted by molar-refractivity contribution is 7.47. The predicted molar refractivity (Wildman–Crippen MR) is 463 cm³/mol. The minimum Gasteiger partial charge on any atom is -0.463 e. The Bertz CT molecular complexity index is 2530. The zero-order chi connectivity index (χ0) is 86.9. The number of esters is 4. The van der Waals surface area contributed by atoms with Crippen LogP contribution in [0, 0.1) is 5.92 Å². The first-order chi connectivity index (χ1) is 57.6. The zero-order valence-electron chi connectivity index (χ0n) is 74.8. The summed E-state index contributed by atoms with van der Waals surface area (Å²) in [6.45, 7) is 7.95. The van der Waals surface area contributed by atoms with Crippen LogP contribution in [-0.2, 0) is 70.7 Å². The van der Waals surface area contributed by atoms with Crippen LogP contribution in [0.5, 0.6) is 0 Å². The van der Waals surface area contributed by atoms with Gasteiger partial charge in [-0.05, 0) is 57.3 Å². The van der Waals surface area contributed by atoms with Gasteiger partial charge in [0.1, 0.15) is 92.6 Å². The average molecular weight is 1720 g/mol. The fourth-order valence-corrected chi connectivity index (χ4v) is 17.1. The Morgan fingerprint density at radius 3 is 1.09 bits per heavy atom. The van der Waals surface area contributed by atoms with Crippen LogP contribution in [0.3, 0.4) is 0 Å². The molecule has 3 rings (SSSR count). The molecule has 1 aliphatic carbocycles. The molecule has 10 N–H and O–H groups in total. The van der Waals surface area contributed by atoms with E-state index in [4.69, 9.17) is 46.9 Å². The van der Waals surface area contributed by atoms with Crippen molar-refractivity contribution in [2.24, 2.45) is 5.92 Å². The standard InChI is InChI=1S/C93H173O25P/c1-6-10-14-18-22-25-28-31-33-35-38-41-43-46-54-60-66-78(97)112-73(69-109-76(95)64-58-53-49-48-51-57-63-72(5)62-56-50-21-17-13-9-4)70-111-119(107,108)118-91-89(116-92-86(105)82(101)80(99)74(68-94)113-92)85(104)84(103)88(115-79(98)67-61-55-47-44-40-36-30-27-24-20-16-12-8-3)90(91)117-93-87(106)83(102)81(100)75(114-93)71-110-77(96)65-59-52-45-42-39-37-34-32-29-26-23-19-15-11-7-2/h36,40,72-75,80-94,99-106H,6-35,37-39,41-71H2,1-5H3,(H,107,108)/b40-36-. The third-order valence-corrected chi connectivity index (χ3v) is 24.9. The molecular formula is C93H173O25P. The highest BCUT2D eigenvalue weighted by Crippen LogP contribution is 2.49. The lowest BCUT2D eigenvalue weighted by Gasteiger charge is -2.50. The van der Waals surface area contributed by atoms with Crippen molar-refractivity contribution in [3.8, 4) is 0 Å². The lowest BCUT2D eigenvalue weighted by Crippen LogP contribution is -2.70. The number of rotatable bonds is 78. The lowest BCUT2D eigenvalue weighted by atomic mass is 9.84. The quantitative estimate of drug-likeness (QED) is 0.00889. The summed E-state index contributed by atoms with van der Waals surface area (Å²) in [6, 6.07) is 0. The van der Waals surface area contributed by atoms with Gasteiger partial charge in [-0.1, -0.05) is 355 Å². The van der Waals surface area contributed by atoms with E-state index in [0.29, 0.717) is 38.0 Å². The molecule has 119 heavy (non-hydrogen) atoms. The molecule has 2 aliphatic heterocycles. The van der Waals surface area contributed by atoms with Crippen LogP contribution in [-0.4, -0.2) is 205 Å². The number of carbonyl (C=O) groups is 4. The number of phosphoric acid groups is 1. The van der Waals surface area contributed by atoms with Crippen LogP contribution < -0.4 is 0 Å². The third kappa shape index (κ3) is 51.6. The molecule has 3 aliphatic rings. The van der Waals surface area contributed by atoms with Gasteiger partial charge >= 0.3 is 31.7 Å². The molecule has 19 atom stereocenters. The highest BCUT2D eigenvalue weighted by Gasteiger charge is 2.60. The van der Waals surface area contributed by atoms with Crippen molar-refractivity contribution in [2.45, 2.75) is 524 Å². The summed E-state index contributed by atoms with van der Waals surface area (Å²) < 4.78 is 73.5. The number of phosphoric ester groups is 1. The van der Waals surface area contributed by atoms with Crippen LogP contribution in [0.15, 0.2) is 12.2 Å². The molecular weight excluding hydrogens is 1550 g/mol. The number of unbranched alkanes of at least 4 members (excludes halogenated alkanes) is 48. The van der Waals surface area contributed by atoms with Gasteiger partial charge in [0.25, 0.3) is 0 Å². The second-order valence-corrected chi connectivity index (χ2v) is 36.3. The normalized spacial score (nSPS) is 25.1. The smallest absolute Gasteiger partial charge is 0.463 e. The second kappa shape index (κ2) is 71.3. The van der Waals surface area contributed by atoms with Crippen LogP contribution in [0.4, 0.5) is 0 Å². The van der Waals surface area contributed by atoms with Gasteiger partial charge in [-0.15, -0.1) is 0 Å². The lowest BCUT2D eigenvalue weighted by molar-refractivity contribution is -0.360. The highest BCUT2D eigenvalue weighted by atomic mass is 31.2. The molecule has 2 saturated heterocycles. The molecule has 19 unspecified atom stereocenters. The Kier molecular flexibility index (Phi) is 66.1.